The Hall–Kier alpha value is -2.32. The van der Waals surface area contributed by atoms with Crippen molar-refractivity contribution < 1.29 is 28.8 Å². The number of carbonyl (C=O) groups excluding carboxylic acids is 1. The molecule has 1 aliphatic rings. The van der Waals surface area contributed by atoms with Crippen molar-refractivity contribution in [3.05, 3.63) is 39.8 Å². The topological polar surface area (TPSA) is 123 Å². The minimum absolute atomic E-state index is 0.0972. The Morgan fingerprint density at radius 3 is 2.56 bits per heavy atom. The highest BCUT2D eigenvalue weighted by Crippen LogP contribution is 2.38. The zero-order valence-corrected chi connectivity index (χ0v) is 21.1. The second-order valence-electron chi connectivity index (χ2n) is 9.56. The second-order valence-corrected chi connectivity index (χ2v) is 9.56. The van der Waals surface area contributed by atoms with Crippen molar-refractivity contribution in [1.29, 1.82) is 0 Å². The highest BCUT2D eigenvalue weighted by Gasteiger charge is 2.41. The summed E-state index contributed by atoms with van der Waals surface area (Å²) in [4.78, 5) is 15.3. The van der Waals surface area contributed by atoms with Gasteiger partial charge in [-0.3, -0.25) is 4.79 Å². The van der Waals surface area contributed by atoms with E-state index in [9.17, 15) is 15.4 Å². The molecule has 0 amide bonds. The van der Waals surface area contributed by atoms with Crippen LogP contribution in [0.4, 0.5) is 0 Å². The van der Waals surface area contributed by atoms with Gasteiger partial charge in [0.1, 0.15) is 18.6 Å². The summed E-state index contributed by atoms with van der Waals surface area (Å²) in [5.74, 6) is 0.325. The monoisotopic (exact) mass is 477 g/mol. The van der Waals surface area contributed by atoms with E-state index >= 15 is 0 Å². The number of cyclic esters (lactones) is 1. The van der Waals surface area contributed by atoms with Crippen LogP contribution in [0.2, 0.25) is 0 Å². The first-order valence-electron chi connectivity index (χ1n) is 11.9. The number of esters is 1. The van der Waals surface area contributed by atoms with Gasteiger partial charge in [0.15, 0.2) is 0 Å². The van der Waals surface area contributed by atoms with Crippen LogP contribution >= 0.6 is 0 Å². The molecule has 0 radical (unpaired) electrons. The molecule has 1 unspecified atom stereocenters. The lowest BCUT2D eigenvalue weighted by Crippen LogP contribution is -2.31. The van der Waals surface area contributed by atoms with Crippen LogP contribution in [0.3, 0.4) is 0 Å². The highest BCUT2D eigenvalue weighted by molar-refractivity contribution is 5.75. The number of aliphatic hydroxyl groups is 1. The van der Waals surface area contributed by atoms with Gasteiger partial charge in [-0.05, 0) is 65.8 Å². The first-order valence-corrected chi connectivity index (χ1v) is 11.9. The number of carbonyl (C=O) groups is 1. The molecule has 0 saturated carbocycles. The van der Waals surface area contributed by atoms with Gasteiger partial charge in [-0.2, -0.15) is 0 Å². The molecule has 1 heterocycles. The fraction of sp³-hybridized carbons (Fsp3) is 0.720. The number of hydrogen-bond donors (Lipinski definition) is 1. The van der Waals surface area contributed by atoms with Crippen molar-refractivity contribution in [2.75, 3.05) is 27.6 Å². The van der Waals surface area contributed by atoms with Gasteiger partial charge in [-0.15, -0.1) is 0 Å². The Morgan fingerprint density at radius 2 is 2.00 bits per heavy atom. The predicted molar refractivity (Wildman–Crippen MR) is 128 cm³/mol. The average molecular weight is 478 g/mol. The van der Waals surface area contributed by atoms with Crippen LogP contribution in [0.1, 0.15) is 57.8 Å². The molecule has 1 saturated heterocycles. The molecule has 5 atom stereocenters. The van der Waals surface area contributed by atoms with Crippen molar-refractivity contribution in [3.8, 4) is 5.75 Å². The average Bonchev–Trinajstić information content (AvgIpc) is 3.20. The van der Waals surface area contributed by atoms with Gasteiger partial charge in [0.2, 0.25) is 0 Å². The molecule has 0 spiro atoms. The summed E-state index contributed by atoms with van der Waals surface area (Å²) in [6.07, 6.45) is 0.266. The van der Waals surface area contributed by atoms with E-state index < -0.39 is 18.2 Å². The third-order valence-electron chi connectivity index (χ3n) is 6.63. The molecule has 0 aliphatic carbocycles. The summed E-state index contributed by atoms with van der Waals surface area (Å²) < 4.78 is 21.4. The molecule has 1 aromatic rings. The second kappa shape index (κ2) is 13.5. The number of methoxy groups -OCH3 is 2. The summed E-state index contributed by atoms with van der Waals surface area (Å²) in [6, 6.07) is 5.09. The van der Waals surface area contributed by atoms with Gasteiger partial charge >= 0.3 is 5.97 Å². The minimum Gasteiger partial charge on any atom is -0.496 e. The molecule has 0 aromatic heterocycles. The molecule has 1 N–H and O–H groups in total. The van der Waals surface area contributed by atoms with Gasteiger partial charge in [-0.1, -0.05) is 38.9 Å². The van der Waals surface area contributed by atoms with Crippen LogP contribution in [-0.2, 0) is 25.4 Å². The van der Waals surface area contributed by atoms with Crippen LogP contribution in [0.25, 0.3) is 10.4 Å². The number of hydrogen-bond acceptors (Lipinski definition) is 7. The third-order valence-corrected chi connectivity index (χ3v) is 6.63. The number of benzene rings is 1. The Balaban J connectivity index is 2.22. The number of rotatable bonds is 14. The van der Waals surface area contributed by atoms with Gasteiger partial charge in [0, 0.05) is 12.0 Å². The summed E-state index contributed by atoms with van der Waals surface area (Å²) in [5.41, 5.74) is 10.9. The Bertz CT molecular complexity index is 840. The molecule has 1 fully saturated rings. The lowest BCUT2D eigenvalue weighted by atomic mass is 9.79. The molecule has 190 valence electrons. The quantitative estimate of drug-likeness (QED) is 0.102. The smallest absolute Gasteiger partial charge is 0.309 e. The fourth-order valence-corrected chi connectivity index (χ4v) is 4.54. The van der Waals surface area contributed by atoms with E-state index in [2.05, 4.69) is 10.0 Å². The highest BCUT2D eigenvalue weighted by atomic mass is 16.7. The van der Waals surface area contributed by atoms with E-state index in [1.807, 2.05) is 45.9 Å². The summed E-state index contributed by atoms with van der Waals surface area (Å²) in [5, 5.41) is 15.3. The van der Waals surface area contributed by atoms with E-state index in [4.69, 9.17) is 18.9 Å². The summed E-state index contributed by atoms with van der Waals surface area (Å²) >= 11 is 0. The van der Waals surface area contributed by atoms with Crippen molar-refractivity contribution in [3.63, 3.8) is 0 Å². The fourth-order valence-electron chi connectivity index (χ4n) is 4.54. The Morgan fingerprint density at radius 1 is 1.26 bits per heavy atom. The number of nitrogens with zero attached hydrogens (tertiary/aromatic N) is 3. The van der Waals surface area contributed by atoms with E-state index in [-0.39, 0.29) is 36.4 Å². The van der Waals surface area contributed by atoms with Crippen LogP contribution in [-0.4, -0.2) is 50.8 Å². The van der Waals surface area contributed by atoms with Crippen LogP contribution in [0, 0.1) is 23.7 Å². The van der Waals surface area contributed by atoms with Gasteiger partial charge < -0.3 is 24.1 Å². The molecular weight excluding hydrogens is 438 g/mol. The van der Waals surface area contributed by atoms with Crippen LogP contribution in [0.15, 0.2) is 23.3 Å². The molecule has 34 heavy (non-hydrogen) atoms. The summed E-state index contributed by atoms with van der Waals surface area (Å²) in [6.45, 7) is 8.70. The van der Waals surface area contributed by atoms with Crippen molar-refractivity contribution >= 4 is 5.97 Å². The van der Waals surface area contributed by atoms with Crippen LogP contribution in [0.5, 0.6) is 5.75 Å². The first kappa shape index (κ1) is 27.9. The first-order chi connectivity index (χ1) is 16.2. The Kier molecular flexibility index (Phi) is 11.1. The van der Waals surface area contributed by atoms with Crippen molar-refractivity contribution in [1.82, 2.24) is 0 Å². The zero-order chi connectivity index (χ0) is 25.3. The predicted octanol–water partition coefficient (Wildman–Crippen LogP) is 4.82. The summed E-state index contributed by atoms with van der Waals surface area (Å²) in [7, 11) is 3.18. The maximum Gasteiger partial charge on any atom is 0.309 e. The maximum absolute atomic E-state index is 12.3. The number of aliphatic hydroxyl groups excluding tert-OH is 1. The zero-order valence-electron chi connectivity index (χ0n) is 21.1. The standard InChI is InChI=1S/C25H39N3O6/c1-15(2)19(12-21(27-28-26)23-13-20(16(3)4)25(30)34-23)24(29)18-7-8-22(32-6)17(11-18)9-10-33-14-31-5/h7-8,11,15-16,19-21,23-24,29H,9-10,12-14H2,1-6H3/t19-,20-,21-,23-,24?/m0/s1. The van der Waals surface area contributed by atoms with Gasteiger partial charge in [0.25, 0.3) is 0 Å². The third kappa shape index (κ3) is 7.34. The minimum atomic E-state index is -0.793. The molecule has 2 rings (SSSR count). The van der Waals surface area contributed by atoms with E-state index in [0.717, 1.165) is 16.9 Å². The van der Waals surface area contributed by atoms with Crippen molar-refractivity contribution in [2.24, 2.45) is 28.8 Å². The molecular formula is C25H39N3O6. The number of azide groups is 1. The van der Waals surface area contributed by atoms with E-state index in [1.54, 1.807) is 14.2 Å². The lowest BCUT2D eigenvalue weighted by molar-refractivity contribution is -0.146. The van der Waals surface area contributed by atoms with E-state index in [1.165, 1.54) is 0 Å². The Labute approximate surface area is 202 Å². The molecule has 0 bridgehead atoms. The van der Waals surface area contributed by atoms with Crippen molar-refractivity contribution in [2.45, 2.75) is 65.2 Å². The molecule has 1 aliphatic heterocycles. The maximum atomic E-state index is 12.3. The molecule has 1 aromatic carbocycles. The lowest BCUT2D eigenvalue weighted by Gasteiger charge is -2.31. The van der Waals surface area contributed by atoms with Gasteiger partial charge in [-0.25, -0.2) is 0 Å². The van der Waals surface area contributed by atoms with Gasteiger partial charge in [0.05, 0.1) is 31.8 Å². The largest absolute Gasteiger partial charge is 0.496 e. The SMILES string of the molecule is COCOCCc1cc(C(O)[C@@H](C[C@H](N=[N+]=[N-])[C@@H]2C[C@@H](C(C)C)C(=O)O2)C(C)C)ccc1OC. The molecule has 9 nitrogen and oxygen atoms in total. The molecule has 9 heteroatoms. The van der Waals surface area contributed by atoms with E-state index in [0.29, 0.717) is 25.9 Å². The van der Waals surface area contributed by atoms with Crippen LogP contribution < -0.4 is 4.74 Å². The normalized spacial score (nSPS) is 20.7. The number of ether oxygens (including phenoxy) is 4.